The Morgan fingerprint density at radius 2 is 2.06 bits per heavy atom. The van der Waals surface area contributed by atoms with Gasteiger partial charge >= 0.3 is 0 Å². The second-order valence-electron chi connectivity index (χ2n) is 3.71. The van der Waals surface area contributed by atoms with Gasteiger partial charge in [0.15, 0.2) is 11.4 Å². The molecule has 94 valence electrons. The summed E-state index contributed by atoms with van der Waals surface area (Å²) < 4.78 is 6.78. The first-order valence-corrected chi connectivity index (χ1v) is 5.95. The number of carbonyl (C=O) groups is 1. The lowest BCUT2D eigenvalue weighted by molar-refractivity contribution is 0.102. The summed E-state index contributed by atoms with van der Waals surface area (Å²) >= 11 is 5.80. The molecule has 5 heteroatoms. The quantitative estimate of drug-likeness (QED) is 0.798. The first-order valence-electron chi connectivity index (χ1n) is 5.57. The number of halogens is 1. The zero-order valence-corrected chi connectivity index (χ0v) is 10.9. The van der Waals surface area contributed by atoms with E-state index in [1.54, 1.807) is 35.1 Å². The summed E-state index contributed by atoms with van der Waals surface area (Å²) in [5, 5.41) is 4.71. The molecule has 0 fully saturated rings. The maximum Gasteiger partial charge on any atom is 0.214 e. The zero-order chi connectivity index (χ0) is 13.1. The van der Waals surface area contributed by atoms with Gasteiger partial charge in [0, 0.05) is 17.1 Å². The predicted octanol–water partition coefficient (Wildman–Crippen LogP) is 2.80. The van der Waals surface area contributed by atoms with Crippen molar-refractivity contribution in [2.24, 2.45) is 0 Å². The van der Waals surface area contributed by atoms with Crippen LogP contribution in [-0.4, -0.2) is 22.7 Å². The normalized spacial score (nSPS) is 10.4. The van der Waals surface area contributed by atoms with Crippen LogP contribution in [0.5, 0.6) is 5.75 Å². The predicted molar refractivity (Wildman–Crippen MR) is 69.3 cm³/mol. The number of hydrogen-bond donors (Lipinski definition) is 0. The fourth-order valence-electron chi connectivity index (χ4n) is 1.72. The van der Waals surface area contributed by atoms with Crippen LogP contribution in [0.1, 0.15) is 23.0 Å². The van der Waals surface area contributed by atoms with E-state index in [4.69, 9.17) is 16.3 Å². The number of ketones is 1. The molecular formula is C13H13ClN2O2. The minimum Gasteiger partial charge on any atom is -0.493 e. The average Bonchev–Trinajstić information content (AvgIpc) is 2.81. The minimum atomic E-state index is -0.122. The van der Waals surface area contributed by atoms with Gasteiger partial charge in [-0.1, -0.05) is 11.6 Å². The third-order valence-electron chi connectivity index (χ3n) is 2.65. The lowest BCUT2D eigenvalue weighted by atomic mass is 10.1. The topological polar surface area (TPSA) is 44.1 Å². The summed E-state index contributed by atoms with van der Waals surface area (Å²) in [4.78, 5) is 12.4. The van der Waals surface area contributed by atoms with Crippen molar-refractivity contribution in [1.82, 2.24) is 9.78 Å². The standard InChI is InChI=1S/C13H13ClN2O2/c1-3-16-12(11(18-2)8-15-16)13(17)9-4-6-10(14)7-5-9/h4-8H,3H2,1-2H3. The lowest BCUT2D eigenvalue weighted by Gasteiger charge is -2.06. The number of aromatic nitrogens is 2. The zero-order valence-electron chi connectivity index (χ0n) is 10.2. The molecule has 0 unspecified atom stereocenters. The summed E-state index contributed by atoms with van der Waals surface area (Å²) in [7, 11) is 1.52. The van der Waals surface area contributed by atoms with Crippen molar-refractivity contribution >= 4 is 17.4 Å². The Kier molecular flexibility index (Phi) is 3.67. The van der Waals surface area contributed by atoms with Crippen molar-refractivity contribution in [3.05, 3.63) is 46.7 Å². The highest BCUT2D eigenvalue weighted by Crippen LogP contribution is 2.22. The second-order valence-corrected chi connectivity index (χ2v) is 4.15. The van der Waals surface area contributed by atoms with Gasteiger partial charge in [-0.3, -0.25) is 9.48 Å². The molecule has 0 radical (unpaired) electrons. The Morgan fingerprint density at radius 1 is 1.39 bits per heavy atom. The van der Waals surface area contributed by atoms with Gasteiger partial charge in [0.1, 0.15) is 0 Å². The van der Waals surface area contributed by atoms with Gasteiger partial charge < -0.3 is 4.74 Å². The Bertz CT molecular complexity index is 539. The van der Waals surface area contributed by atoms with E-state index in [2.05, 4.69) is 5.10 Å². The molecule has 0 amide bonds. The largest absolute Gasteiger partial charge is 0.493 e. The molecule has 0 atom stereocenters. The molecule has 1 aromatic carbocycles. The third-order valence-corrected chi connectivity index (χ3v) is 2.90. The highest BCUT2D eigenvalue weighted by Gasteiger charge is 2.20. The first-order chi connectivity index (χ1) is 8.67. The molecule has 1 aromatic heterocycles. The molecule has 18 heavy (non-hydrogen) atoms. The van der Waals surface area contributed by atoms with Crippen molar-refractivity contribution in [2.75, 3.05) is 7.11 Å². The highest BCUT2D eigenvalue weighted by molar-refractivity contribution is 6.30. The van der Waals surface area contributed by atoms with Gasteiger partial charge in [0.05, 0.1) is 13.3 Å². The van der Waals surface area contributed by atoms with Gasteiger partial charge in [-0.25, -0.2) is 0 Å². The molecule has 0 saturated heterocycles. The van der Waals surface area contributed by atoms with Crippen LogP contribution in [0, 0.1) is 0 Å². The van der Waals surface area contributed by atoms with Gasteiger partial charge in [0.25, 0.3) is 0 Å². The lowest BCUT2D eigenvalue weighted by Crippen LogP contribution is -2.11. The number of carbonyl (C=O) groups excluding carboxylic acids is 1. The maximum atomic E-state index is 12.4. The minimum absolute atomic E-state index is 0.122. The van der Waals surface area contributed by atoms with Crippen LogP contribution in [0.2, 0.25) is 5.02 Å². The Labute approximate surface area is 110 Å². The summed E-state index contributed by atoms with van der Waals surface area (Å²) in [6, 6.07) is 6.76. The SMILES string of the molecule is CCn1ncc(OC)c1C(=O)c1ccc(Cl)cc1. The monoisotopic (exact) mass is 264 g/mol. The van der Waals surface area contributed by atoms with Crippen LogP contribution in [0.15, 0.2) is 30.5 Å². The van der Waals surface area contributed by atoms with Crippen LogP contribution in [0.3, 0.4) is 0 Å². The van der Waals surface area contributed by atoms with Crippen LogP contribution in [-0.2, 0) is 6.54 Å². The summed E-state index contributed by atoms with van der Waals surface area (Å²) in [5.74, 6) is 0.361. The smallest absolute Gasteiger partial charge is 0.214 e. The fraction of sp³-hybridized carbons (Fsp3) is 0.231. The van der Waals surface area contributed by atoms with E-state index in [-0.39, 0.29) is 5.78 Å². The molecule has 4 nitrogen and oxygen atoms in total. The van der Waals surface area contributed by atoms with E-state index in [1.165, 1.54) is 7.11 Å². The molecule has 2 aromatic rings. The number of hydrogen-bond acceptors (Lipinski definition) is 3. The summed E-state index contributed by atoms with van der Waals surface area (Å²) in [6.45, 7) is 2.53. The first kappa shape index (κ1) is 12.6. The van der Waals surface area contributed by atoms with E-state index >= 15 is 0 Å². The number of aryl methyl sites for hydroxylation is 1. The highest BCUT2D eigenvalue weighted by atomic mass is 35.5. The van der Waals surface area contributed by atoms with Crippen LogP contribution in [0.25, 0.3) is 0 Å². The fourth-order valence-corrected chi connectivity index (χ4v) is 1.85. The summed E-state index contributed by atoms with van der Waals surface area (Å²) in [5.41, 5.74) is 1.02. The molecule has 2 rings (SSSR count). The molecular weight excluding hydrogens is 252 g/mol. The molecule has 1 heterocycles. The van der Waals surface area contributed by atoms with Crippen molar-refractivity contribution in [3.8, 4) is 5.75 Å². The molecule has 0 N–H and O–H groups in total. The van der Waals surface area contributed by atoms with E-state index in [0.717, 1.165) is 0 Å². The number of benzene rings is 1. The maximum absolute atomic E-state index is 12.4. The number of rotatable bonds is 4. The van der Waals surface area contributed by atoms with Gasteiger partial charge in [0.2, 0.25) is 5.78 Å². The van der Waals surface area contributed by atoms with Crippen molar-refractivity contribution in [3.63, 3.8) is 0 Å². The molecule has 0 saturated carbocycles. The number of nitrogens with zero attached hydrogens (tertiary/aromatic N) is 2. The third kappa shape index (κ3) is 2.24. The van der Waals surface area contributed by atoms with Crippen molar-refractivity contribution in [2.45, 2.75) is 13.5 Å². The van der Waals surface area contributed by atoms with Crippen molar-refractivity contribution in [1.29, 1.82) is 0 Å². The van der Waals surface area contributed by atoms with E-state index in [0.29, 0.717) is 28.6 Å². The van der Waals surface area contributed by atoms with Crippen molar-refractivity contribution < 1.29 is 9.53 Å². The Balaban J connectivity index is 2.44. The average molecular weight is 265 g/mol. The van der Waals surface area contributed by atoms with Gasteiger partial charge in [-0.15, -0.1) is 0 Å². The number of methoxy groups -OCH3 is 1. The van der Waals surface area contributed by atoms with Gasteiger partial charge in [-0.05, 0) is 31.2 Å². The van der Waals surface area contributed by atoms with Crippen LogP contribution >= 0.6 is 11.6 Å². The van der Waals surface area contributed by atoms with E-state index in [1.807, 2.05) is 6.92 Å². The van der Waals surface area contributed by atoms with E-state index in [9.17, 15) is 4.79 Å². The van der Waals surface area contributed by atoms with Gasteiger partial charge in [-0.2, -0.15) is 5.10 Å². The molecule has 0 spiro atoms. The Morgan fingerprint density at radius 3 is 2.61 bits per heavy atom. The number of ether oxygens (including phenoxy) is 1. The summed E-state index contributed by atoms with van der Waals surface area (Å²) in [6.07, 6.45) is 1.55. The molecule has 0 aliphatic heterocycles. The molecule has 0 aliphatic carbocycles. The van der Waals surface area contributed by atoms with Crippen LogP contribution < -0.4 is 4.74 Å². The Hall–Kier alpha value is -1.81. The molecule has 0 bridgehead atoms. The second kappa shape index (κ2) is 5.23. The van der Waals surface area contributed by atoms with Crippen LogP contribution in [0.4, 0.5) is 0 Å². The van der Waals surface area contributed by atoms with E-state index < -0.39 is 0 Å². The molecule has 0 aliphatic rings.